The maximum absolute atomic E-state index is 11.9. The molecular weight excluding hydrogens is 362 g/mol. The molecule has 0 aliphatic rings. The molecule has 28 heavy (non-hydrogen) atoms. The Kier molecular flexibility index (Phi) is 8.30. The van der Waals surface area contributed by atoms with Crippen molar-refractivity contribution in [3.05, 3.63) is 59.7 Å². The molecule has 0 saturated carbocycles. The van der Waals surface area contributed by atoms with Crippen LogP contribution in [0.4, 0.5) is 0 Å². The number of carboxylic acids is 1. The maximum Gasteiger partial charge on any atom is 0.333 e. The molecule has 0 aliphatic carbocycles. The van der Waals surface area contributed by atoms with Gasteiger partial charge in [-0.3, -0.25) is 4.79 Å². The monoisotopic (exact) mass is 387 g/mol. The summed E-state index contributed by atoms with van der Waals surface area (Å²) in [6.45, 7) is 0.429. The highest BCUT2D eigenvalue weighted by molar-refractivity contribution is 5.77. The molecule has 0 radical (unpaired) electrons. The summed E-state index contributed by atoms with van der Waals surface area (Å²) in [6, 6.07) is 14.6. The number of hydrogen-bond donors (Lipinski definition) is 2. The molecule has 0 heterocycles. The number of carboxylic acid groups (broad SMARTS) is 1. The molecule has 0 fully saturated rings. The number of rotatable bonds is 11. The van der Waals surface area contributed by atoms with E-state index < -0.39 is 12.1 Å². The molecule has 2 rings (SSSR count). The van der Waals surface area contributed by atoms with Gasteiger partial charge in [-0.05, 0) is 41.8 Å². The van der Waals surface area contributed by atoms with Crippen LogP contribution >= 0.6 is 0 Å². The van der Waals surface area contributed by atoms with E-state index in [0.717, 1.165) is 16.9 Å². The molecule has 2 N–H and O–H groups in total. The van der Waals surface area contributed by atoms with Gasteiger partial charge in [-0.25, -0.2) is 4.79 Å². The molecule has 1 amide bonds. The largest absolute Gasteiger partial charge is 0.497 e. The molecule has 0 unspecified atom stereocenters. The van der Waals surface area contributed by atoms with E-state index >= 15 is 0 Å². The number of amides is 1. The molecule has 150 valence electrons. The van der Waals surface area contributed by atoms with Crippen LogP contribution in [-0.2, 0) is 27.2 Å². The lowest BCUT2D eigenvalue weighted by Crippen LogP contribution is -2.30. The molecule has 1 atom stereocenters. The van der Waals surface area contributed by atoms with Gasteiger partial charge in [0, 0.05) is 20.1 Å². The molecule has 0 spiro atoms. The van der Waals surface area contributed by atoms with E-state index in [2.05, 4.69) is 5.32 Å². The van der Waals surface area contributed by atoms with E-state index in [9.17, 15) is 9.59 Å². The summed E-state index contributed by atoms with van der Waals surface area (Å²) in [5, 5.41) is 11.8. The second kappa shape index (κ2) is 10.9. The predicted octanol–water partition coefficient (Wildman–Crippen LogP) is 2.07. The minimum Gasteiger partial charge on any atom is -0.497 e. The third-order valence-corrected chi connectivity index (χ3v) is 4.17. The average molecular weight is 387 g/mol. The van der Waals surface area contributed by atoms with Gasteiger partial charge in [-0.1, -0.05) is 24.3 Å². The molecule has 7 nitrogen and oxygen atoms in total. The molecule has 0 bridgehead atoms. The van der Waals surface area contributed by atoms with Crippen molar-refractivity contribution in [2.24, 2.45) is 0 Å². The molecule has 0 aliphatic heterocycles. The van der Waals surface area contributed by atoms with Crippen molar-refractivity contribution >= 4 is 11.9 Å². The van der Waals surface area contributed by atoms with Crippen LogP contribution in [0, 0.1) is 0 Å². The number of hydrogen-bond acceptors (Lipinski definition) is 5. The van der Waals surface area contributed by atoms with Gasteiger partial charge in [0.15, 0.2) is 12.7 Å². The number of ether oxygens (including phenoxy) is 3. The van der Waals surface area contributed by atoms with Gasteiger partial charge in [-0.15, -0.1) is 0 Å². The topological polar surface area (TPSA) is 94.1 Å². The van der Waals surface area contributed by atoms with E-state index in [4.69, 9.17) is 19.3 Å². The normalized spacial score (nSPS) is 11.5. The lowest BCUT2D eigenvalue weighted by Gasteiger charge is -2.11. The Labute approximate surface area is 164 Å². The number of methoxy groups -OCH3 is 2. The molecule has 0 saturated heterocycles. The van der Waals surface area contributed by atoms with E-state index in [1.807, 2.05) is 24.3 Å². The summed E-state index contributed by atoms with van der Waals surface area (Å²) in [7, 11) is 2.98. The number of nitrogens with one attached hydrogen (secondary N) is 1. The molecule has 0 aromatic heterocycles. The summed E-state index contributed by atoms with van der Waals surface area (Å²) < 4.78 is 15.5. The first-order chi connectivity index (χ1) is 13.5. The van der Waals surface area contributed by atoms with Crippen molar-refractivity contribution < 1.29 is 28.9 Å². The summed E-state index contributed by atoms with van der Waals surface area (Å²) in [6.07, 6.45) is 0.0929. The van der Waals surface area contributed by atoms with Crippen molar-refractivity contribution in [1.82, 2.24) is 5.32 Å². The molecule has 2 aromatic rings. The smallest absolute Gasteiger partial charge is 0.333 e. The van der Waals surface area contributed by atoms with E-state index in [-0.39, 0.29) is 18.9 Å². The summed E-state index contributed by atoms with van der Waals surface area (Å²) >= 11 is 0. The minimum absolute atomic E-state index is 0.0855. The Morgan fingerprint density at radius 2 is 1.57 bits per heavy atom. The number of carbonyl (C=O) groups is 2. The van der Waals surface area contributed by atoms with Crippen molar-refractivity contribution in [2.45, 2.75) is 18.9 Å². The van der Waals surface area contributed by atoms with Gasteiger partial charge in [0.05, 0.1) is 7.11 Å². The summed E-state index contributed by atoms with van der Waals surface area (Å²) in [4.78, 5) is 22.9. The third kappa shape index (κ3) is 6.92. The summed E-state index contributed by atoms with van der Waals surface area (Å²) in [5.74, 6) is 0.128. The fourth-order valence-electron chi connectivity index (χ4n) is 2.55. The number of benzene rings is 2. The van der Waals surface area contributed by atoms with Crippen LogP contribution in [0.25, 0.3) is 0 Å². The van der Waals surface area contributed by atoms with Crippen LogP contribution in [0.3, 0.4) is 0 Å². The average Bonchev–Trinajstić information content (AvgIpc) is 2.71. The van der Waals surface area contributed by atoms with Gasteiger partial charge in [0.2, 0.25) is 0 Å². The fraction of sp³-hybridized carbons (Fsp3) is 0.333. The van der Waals surface area contributed by atoms with Gasteiger partial charge in [0.25, 0.3) is 5.91 Å². The van der Waals surface area contributed by atoms with Crippen molar-refractivity contribution in [3.8, 4) is 11.5 Å². The lowest BCUT2D eigenvalue weighted by atomic mass is 10.1. The molecule has 7 heteroatoms. The van der Waals surface area contributed by atoms with Crippen LogP contribution in [0.5, 0.6) is 11.5 Å². The van der Waals surface area contributed by atoms with Gasteiger partial charge < -0.3 is 24.6 Å². The number of aliphatic carboxylic acids is 1. The summed E-state index contributed by atoms with van der Waals surface area (Å²) in [5.41, 5.74) is 1.92. The predicted molar refractivity (Wildman–Crippen MR) is 104 cm³/mol. The second-order valence-electron chi connectivity index (χ2n) is 6.15. The lowest BCUT2D eigenvalue weighted by molar-refractivity contribution is -0.148. The quantitative estimate of drug-likeness (QED) is 0.613. The molecular formula is C21H25NO6. The van der Waals surface area contributed by atoms with E-state index in [1.54, 1.807) is 31.4 Å². The first-order valence-corrected chi connectivity index (χ1v) is 8.88. The fourth-order valence-corrected chi connectivity index (χ4v) is 2.55. The zero-order chi connectivity index (χ0) is 20.4. The first kappa shape index (κ1) is 21.2. The Morgan fingerprint density at radius 3 is 2.14 bits per heavy atom. The van der Waals surface area contributed by atoms with Crippen molar-refractivity contribution in [2.75, 3.05) is 27.4 Å². The second-order valence-corrected chi connectivity index (χ2v) is 6.15. The van der Waals surface area contributed by atoms with Crippen LogP contribution in [0.1, 0.15) is 11.1 Å². The van der Waals surface area contributed by atoms with Crippen LogP contribution in [0.2, 0.25) is 0 Å². The highest BCUT2D eigenvalue weighted by atomic mass is 16.5. The van der Waals surface area contributed by atoms with Crippen molar-refractivity contribution in [3.63, 3.8) is 0 Å². The Morgan fingerprint density at radius 1 is 0.964 bits per heavy atom. The SMILES string of the molecule is COc1ccc(CCNC(=O)COc2ccc(C[C@@H](OC)C(=O)O)cc2)cc1. The maximum atomic E-state index is 11.9. The number of carbonyl (C=O) groups excluding carboxylic acids is 1. The molecule has 2 aromatic carbocycles. The minimum atomic E-state index is -1.01. The van der Waals surface area contributed by atoms with Gasteiger partial charge >= 0.3 is 5.97 Å². The van der Waals surface area contributed by atoms with Crippen molar-refractivity contribution in [1.29, 1.82) is 0 Å². The Hall–Kier alpha value is -3.06. The van der Waals surface area contributed by atoms with E-state index in [0.29, 0.717) is 18.7 Å². The van der Waals surface area contributed by atoms with E-state index in [1.165, 1.54) is 7.11 Å². The Bertz CT molecular complexity index is 757. The third-order valence-electron chi connectivity index (χ3n) is 4.17. The standard InChI is InChI=1S/C21H25NO6/c1-26-17-7-3-15(4-8-17)11-12-22-20(23)14-28-18-9-5-16(6-10-18)13-19(27-2)21(24)25/h3-10,19H,11-14H2,1-2H3,(H,22,23)(H,24,25)/t19-/m1/s1. The highest BCUT2D eigenvalue weighted by Crippen LogP contribution is 2.14. The Balaban J connectivity index is 1.71. The highest BCUT2D eigenvalue weighted by Gasteiger charge is 2.16. The van der Waals surface area contributed by atoms with Gasteiger partial charge in [0.1, 0.15) is 11.5 Å². The first-order valence-electron chi connectivity index (χ1n) is 8.88. The van der Waals surface area contributed by atoms with Crippen LogP contribution < -0.4 is 14.8 Å². The zero-order valence-electron chi connectivity index (χ0n) is 16.0. The zero-order valence-corrected chi connectivity index (χ0v) is 16.0. The van der Waals surface area contributed by atoms with Crippen LogP contribution in [0.15, 0.2) is 48.5 Å². The van der Waals surface area contributed by atoms with Crippen LogP contribution in [-0.4, -0.2) is 50.5 Å². The van der Waals surface area contributed by atoms with Gasteiger partial charge in [-0.2, -0.15) is 0 Å².